The molecular weight excluding hydrogens is 246 g/mol. The number of esters is 2. The summed E-state index contributed by atoms with van der Waals surface area (Å²) in [4.78, 5) is 25.2. The van der Waals surface area contributed by atoms with Gasteiger partial charge in [0, 0.05) is 12.1 Å². The molecule has 0 saturated carbocycles. The van der Waals surface area contributed by atoms with Crippen LogP contribution in [0.4, 0.5) is 0 Å². The maximum Gasteiger partial charge on any atom is 0.307 e. The van der Waals surface area contributed by atoms with Crippen LogP contribution in [0, 0.1) is 0 Å². The maximum absolute atomic E-state index is 11.5. The zero-order chi connectivity index (χ0) is 14.3. The molecule has 1 aliphatic rings. The molecule has 5 nitrogen and oxygen atoms in total. The lowest BCUT2D eigenvalue weighted by molar-refractivity contribution is -0.146. The predicted octanol–water partition coefficient (Wildman–Crippen LogP) is 1.75. The second-order valence-corrected chi connectivity index (χ2v) is 4.92. The highest BCUT2D eigenvalue weighted by Crippen LogP contribution is 2.25. The van der Waals surface area contributed by atoms with Crippen LogP contribution in [0.2, 0.25) is 0 Å². The second kappa shape index (κ2) is 8.15. The smallest absolute Gasteiger partial charge is 0.307 e. The minimum Gasteiger partial charge on any atom is -0.466 e. The Morgan fingerprint density at radius 3 is 1.79 bits per heavy atom. The Morgan fingerprint density at radius 2 is 1.42 bits per heavy atom. The summed E-state index contributed by atoms with van der Waals surface area (Å²) < 4.78 is 9.98. The van der Waals surface area contributed by atoms with Gasteiger partial charge in [0.25, 0.3) is 0 Å². The number of nitrogens with zero attached hydrogens (tertiary/aromatic N) is 1. The van der Waals surface area contributed by atoms with Crippen molar-refractivity contribution in [3.8, 4) is 0 Å². The molecule has 5 heteroatoms. The van der Waals surface area contributed by atoms with Gasteiger partial charge in [-0.05, 0) is 33.7 Å². The number of carbonyl (C=O) groups is 2. The third-order valence-electron chi connectivity index (χ3n) is 3.64. The van der Waals surface area contributed by atoms with Gasteiger partial charge in [0.2, 0.25) is 0 Å². The molecule has 0 unspecified atom stereocenters. The Bertz CT molecular complexity index is 278. The molecule has 1 rings (SSSR count). The van der Waals surface area contributed by atoms with Crippen LogP contribution < -0.4 is 0 Å². The van der Waals surface area contributed by atoms with Gasteiger partial charge in [-0.25, -0.2) is 0 Å². The number of carbonyl (C=O) groups excluding carboxylic acids is 2. The molecular formula is C14H25NO4. The van der Waals surface area contributed by atoms with E-state index in [9.17, 15) is 9.59 Å². The Hall–Kier alpha value is -1.10. The molecule has 1 saturated heterocycles. The largest absolute Gasteiger partial charge is 0.466 e. The number of piperidine rings is 1. The lowest BCUT2D eigenvalue weighted by atomic mass is 9.92. The zero-order valence-electron chi connectivity index (χ0n) is 12.2. The van der Waals surface area contributed by atoms with Gasteiger partial charge in [-0.2, -0.15) is 0 Å². The second-order valence-electron chi connectivity index (χ2n) is 4.92. The van der Waals surface area contributed by atoms with Crippen LogP contribution in [0.15, 0.2) is 0 Å². The van der Waals surface area contributed by atoms with E-state index in [-0.39, 0.29) is 24.0 Å². The van der Waals surface area contributed by atoms with Crippen molar-refractivity contribution in [1.82, 2.24) is 4.90 Å². The van der Waals surface area contributed by atoms with Gasteiger partial charge >= 0.3 is 11.9 Å². The van der Waals surface area contributed by atoms with E-state index >= 15 is 0 Å². The first kappa shape index (κ1) is 16.0. The highest BCUT2D eigenvalue weighted by molar-refractivity contribution is 5.71. The van der Waals surface area contributed by atoms with Crippen molar-refractivity contribution in [2.24, 2.45) is 0 Å². The van der Waals surface area contributed by atoms with E-state index in [1.165, 1.54) is 0 Å². The van der Waals surface area contributed by atoms with Crippen LogP contribution in [0.5, 0.6) is 0 Å². The first-order valence-corrected chi connectivity index (χ1v) is 7.11. The number of hydrogen-bond donors (Lipinski definition) is 0. The summed E-state index contributed by atoms with van der Waals surface area (Å²) in [5, 5.41) is 0. The summed E-state index contributed by atoms with van der Waals surface area (Å²) in [6.45, 7) is 4.46. The number of ether oxygens (including phenoxy) is 2. The van der Waals surface area contributed by atoms with E-state index in [2.05, 4.69) is 4.90 Å². The molecule has 0 aromatic heterocycles. The average Bonchev–Trinajstić information content (AvgIpc) is 2.35. The van der Waals surface area contributed by atoms with E-state index in [1.807, 2.05) is 20.9 Å². The van der Waals surface area contributed by atoms with Gasteiger partial charge in [0.1, 0.15) is 0 Å². The van der Waals surface area contributed by atoms with Gasteiger partial charge in [0.05, 0.1) is 26.1 Å². The molecule has 0 N–H and O–H groups in total. The van der Waals surface area contributed by atoms with Crippen molar-refractivity contribution in [2.75, 3.05) is 20.3 Å². The Balaban J connectivity index is 2.48. The molecule has 0 amide bonds. The Kier molecular flexibility index (Phi) is 6.84. The quantitative estimate of drug-likeness (QED) is 0.689. The van der Waals surface area contributed by atoms with E-state index in [4.69, 9.17) is 9.47 Å². The van der Waals surface area contributed by atoms with Gasteiger partial charge in [0.15, 0.2) is 0 Å². The fraction of sp³-hybridized carbons (Fsp3) is 0.857. The molecule has 0 radical (unpaired) electrons. The first-order valence-electron chi connectivity index (χ1n) is 7.11. The van der Waals surface area contributed by atoms with Crippen molar-refractivity contribution >= 4 is 11.9 Å². The van der Waals surface area contributed by atoms with Crippen LogP contribution in [-0.2, 0) is 19.1 Å². The minimum atomic E-state index is -0.156. The molecule has 2 atom stereocenters. The number of rotatable bonds is 6. The average molecular weight is 271 g/mol. The summed E-state index contributed by atoms with van der Waals surface area (Å²) in [6.07, 6.45) is 3.81. The van der Waals surface area contributed by atoms with Crippen molar-refractivity contribution in [3.05, 3.63) is 0 Å². The molecule has 110 valence electrons. The lowest BCUT2D eigenvalue weighted by Gasteiger charge is -2.38. The van der Waals surface area contributed by atoms with E-state index in [0.29, 0.717) is 26.1 Å². The van der Waals surface area contributed by atoms with Crippen LogP contribution in [0.1, 0.15) is 46.0 Å². The summed E-state index contributed by atoms with van der Waals surface area (Å²) in [6, 6.07) is 0.347. The van der Waals surface area contributed by atoms with Gasteiger partial charge in [-0.3, -0.25) is 14.5 Å². The third-order valence-corrected chi connectivity index (χ3v) is 3.64. The van der Waals surface area contributed by atoms with Gasteiger partial charge < -0.3 is 9.47 Å². The number of likely N-dealkylation sites (tertiary alicyclic amines) is 1. The summed E-state index contributed by atoms with van der Waals surface area (Å²) >= 11 is 0. The van der Waals surface area contributed by atoms with Crippen LogP contribution >= 0.6 is 0 Å². The fourth-order valence-corrected chi connectivity index (χ4v) is 2.61. The maximum atomic E-state index is 11.5. The molecule has 19 heavy (non-hydrogen) atoms. The zero-order valence-corrected chi connectivity index (χ0v) is 12.2. The standard InChI is InChI=1S/C14H25NO4/c1-4-18-13(16)9-11-7-6-8-12(15(11)3)10-14(17)19-5-2/h11-12H,4-10H2,1-3H3/t11-,12+. The van der Waals surface area contributed by atoms with Crippen molar-refractivity contribution in [1.29, 1.82) is 0 Å². The van der Waals surface area contributed by atoms with Crippen molar-refractivity contribution < 1.29 is 19.1 Å². The molecule has 1 heterocycles. The van der Waals surface area contributed by atoms with Gasteiger partial charge in [-0.1, -0.05) is 6.42 Å². The molecule has 0 aromatic carbocycles. The fourth-order valence-electron chi connectivity index (χ4n) is 2.61. The van der Waals surface area contributed by atoms with Crippen molar-refractivity contribution in [2.45, 2.75) is 58.0 Å². The van der Waals surface area contributed by atoms with Crippen molar-refractivity contribution in [3.63, 3.8) is 0 Å². The van der Waals surface area contributed by atoms with E-state index < -0.39 is 0 Å². The summed E-state index contributed by atoms with van der Waals surface area (Å²) in [7, 11) is 1.98. The topological polar surface area (TPSA) is 55.8 Å². The normalized spacial score (nSPS) is 23.9. The first-order chi connectivity index (χ1) is 9.08. The highest BCUT2D eigenvalue weighted by atomic mass is 16.5. The Morgan fingerprint density at radius 1 is 1.00 bits per heavy atom. The molecule has 0 spiro atoms. The molecule has 0 aromatic rings. The predicted molar refractivity (Wildman–Crippen MR) is 71.7 cm³/mol. The minimum absolute atomic E-state index is 0.156. The number of hydrogen-bond acceptors (Lipinski definition) is 5. The molecule has 1 fully saturated rings. The monoisotopic (exact) mass is 271 g/mol. The molecule has 0 aliphatic carbocycles. The summed E-state index contributed by atoms with van der Waals surface area (Å²) in [5.74, 6) is -0.313. The van der Waals surface area contributed by atoms with Crippen LogP contribution in [0.25, 0.3) is 0 Å². The highest BCUT2D eigenvalue weighted by Gasteiger charge is 2.30. The summed E-state index contributed by atoms with van der Waals surface area (Å²) in [5.41, 5.74) is 0. The third kappa shape index (κ3) is 5.19. The molecule has 0 bridgehead atoms. The van der Waals surface area contributed by atoms with E-state index in [0.717, 1.165) is 19.3 Å². The van der Waals surface area contributed by atoms with E-state index in [1.54, 1.807) is 0 Å². The Labute approximate surface area is 115 Å². The lowest BCUT2D eigenvalue weighted by Crippen LogP contribution is -2.46. The van der Waals surface area contributed by atoms with Crippen LogP contribution in [-0.4, -0.2) is 49.2 Å². The van der Waals surface area contributed by atoms with Gasteiger partial charge in [-0.15, -0.1) is 0 Å². The SMILES string of the molecule is CCOC(=O)C[C@H]1CCC[C@@H](CC(=O)OCC)N1C. The molecule has 1 aliphatic heterocycles. The van der Waals surface area contributed by atoms with Crippen LogP contribution in [0.3, 0.4) is 0 Å².